The molecule has 0 radical (unpaired) electrons. The number of hydrogen-bond donors (Lipinski definition) is 2. The smallest absolute Gasteiger partial charge is 0.188 e. The van der Waals surface area contributed by atoms with Crippen LogP contribution in [0.15, 0.2) is 23.5 Å². The third-order valence-electron chi connectivity index (χ3n) is 1.67. The van der Waals surface area contributed by atoms with Gasteiger partial charge in [-0.15, -0.1) is 0 Å². The Bertz CT molecular complexity index is 326. The first kappa shape index (κ1) is 10.5. The first-order chi connectivity index (χ1) is 6.77. The molecule has 0 aliphatic carbocycles. The summed E-state index contributed by atoms with van der Waals surface area (Å²) in [6, 6.07) is 3.55. The number of aromatic nitrogens is 1. The van der Waals surface area contributed by atoms with Crippen molar-refractivity contribution in [3.05, 3.63) is 29.6 Å². The summed E-state index contributed by atoms with van der Waals surface area (Å²) in [7, 11) is 0. The van der Waals surface area contributed by atoms with Crippen LogP contribution in [0.2, 0.25) is 0 Å². The van der Waals surface area contributed by atoms with Crippen LogP contribution in [0.25, 0.3) is 0 Å². The van der Waals surface area contributed by atoms with Crippen molar-refractivity contribution < 1.29 is 9.94 Å². The molecule has 0 fully saturated rings. The Morgan fingerprint density at radius 1 is 1.71 bits per heavy atom. The average molecular weight is 195 g/mol. The van der Waals surface area contributed by atoms with E-state index in [2.05, 4.69) is 10.1 Å². The maximum atomic E-state index is 8.45. The van der Waals surface area contributed by atoms with E-state index in [1.807, 2.05) is 13.0 Å². The van der Waals surface area contributed by atoms with Gasteiger partial charge in [-0.3, -0.25) is 4.98 Å². The van der Waals surface area contributed by atoms with E-state index in [0.29, 0.717) is 18.9 Å². The summed E-state index contributed by atoms with van der Waals surface area (Å²) < 4.78 is 5.22. The summed E-state index contributed by atoms with van der Waals surface area (Å²) in [6.45, 7) is 3.08. The second-order valence-corrected chi connectivity index (χ2v) is 2.67. The lowest BCUT2D eigenvalue weighted by Crippen LogP contribution is -2.15. The zero-order chi connectivity index (χ0) is 10.4. The molecule has 0 bridgehead atoms. The van der Waals surface area contributed by atoms with E-state index < -0.39 is 0 Å². The Morgan fingerprint density at radius 3 is 3.14 bits per heavy atom. The number of hydrogen-bond acceptors (Lipinski definition) is 4. The van der Waals surface area contributed by atoms with Crippen LogP contribution in [-0.2, 0) is 11.3 Å². The minimum absolute atomic E-state index is 0.00310. The van der Waals surface area contributed by atoms with Crippen LogP contribution in [0.1, 0.15) is 18.2 Å². The molecule has 0 amide bonds. The lowest BCUT2D eigenvalue weighted by Gasteiger charge is -2.03. The molecule has 0 spiro atoms. The van der Waals surface area contributed by atoms with Gasteiger partial charge in [-0.1, -0.05) is 5.16 Å². The zero-order valence-electron chi connectivity index (χ0n) is 7.97. The third-order valence-corrected chi connectivity index (χ3v) is 1.67. The molecule has 1 rings (SSSR count). The van der Waals surface area contributed by atoms with Crippen LogP contribution >= 0.6 is 0 Å². The normalized spacial score (nSPS) is 11.6. The molecule has 0 aliphatic heterocycles. The lowest BCUT2D eigenvalue weighted by atomic mass is 10.2. The van der Waals surface area contributed by atoms with E-state index >= 15 is 0 Å². The third kappa shape index (κ3) is 2.70. The van der Waals surface area contributed by atoms with Gasteiger partial charge in [-0.2, -0.15) is 0 Å². The molecule has 3 N–H and O–H groups in total. The molecule has 76 valence electrons. The van der Waals surface area contributed by atoms with Gasteiger partial charge < -0.3 is 15.7 Å². The highest BCUT2D eigenvalue weighted by Crippen LogP contribution is 2.03. The molecular formula is C9H13N3O2. The van der Waals surface area contributed by atoms with Crippen molar-refractivity contribution in [1.82, 2.24) is 4.98 Å². The fourth-order valence-corrected chi connectivity index (χ4v) is 0.975. The van der Waals surface area contributed by atoms with Gasteiger partial charge in [0.2, 0.25) is 0 Å². The van der Waals surface area contributed by atoms with Crippen molar-refractivity contribution >= 4 is 5.84 Å². The van der Waals surface area contributed by atoms with Crippen molar-refractivity contribution in [2.45, 2.75) is 13.5 Å². The lowest BCUT2D eigenvalue weighted by molar-refractivity contribution is 0.134. The fraction of sp³-hybridized carbons (Fsp3) is 0.333. The van der Waals surface area contributed by atoms with Crippen LogP contribution in [0.5, 0.6) is 0 Å². The first-order valence-corrected chi connectivity index (χ1v) is 4.28. The summed E-state index contributed by atoms with van der Waals surface area (Å²) in [5, 5.41) is 11.3. The minimum Gasteiger partial charge on any atom is -0.409 e. The van der Waals surface area contributed by atoms with Gasteiger partial charge in [0.1, 0.15) is 5.69 Å². The Balaban J connectivity index is 2.79. The van der Waals surface area contributed by atoms with E-state index in [0.717, 1.165) is 5.56 Å². The monoisotopic (exact) mass is 195 g/mol. The maximum Gasteiger partial charge on any atom is 0.188 e. The van der Waals surface area contributed by atoms with E-state index in [9.17, 15) is 0 Å². The highest BCUT2D eigenvalue weighted by atomic mass is 16.5. The van der Waals surface area contributed by atoms with Crippen molar-refractivity contribution in [1.29, 1.82) is 0 Å². The molecular weight excluding hydrogens is 182 g/mol. The predicted octanol–water partition coefficient (Wildman–Crippen LogP) is 0.713. The second-order valence-electron chi connectivity index (χ2n) is 2.67. The quantitative estimate of drug-likeness (QED) is 0.321. The second kappa shape index (κ2) is 5.18. The van der Waals surface area contributed by atoms with E-state index in [1.54, 1.807) is 12.3 Å². The molecule has 1 aromatic heterocycles. The molecule has 14 heavy (non-hydrogen) atoms. The summed E-state index contributed by atoms with van der Waals surface area (Å²) in [5.41, 5.74) is 6.78. The zero-order valence-corrected chi connectivity index (χ0v) is 7.97. The molecule has 0 unspecified atom stereocenters. The highest BCUT2D eigenvalue weighted by Gasteiger charge is 2.01. The summed E-state index contributed by atoms with van der Waals surface area (Å²) in [4.78, 5) is 3.95. The van der Waals surface area contributed by atoms with E-state index in [4.69, 9.17) is 15.7 Å². The van der Waals surface area contributed by atoms with Crippen molar-refractivity contribution in [2.24, 2.45) is 10.9 Å². The van der Waals surface area contributed by atoms with Crippen molar-refractivity contribution in [3.63, 3.8) is 0 Å². The SMILES string of the molecule is CCOCc1ccnc(C(N)=NO)c1. The van der Waals surface area contributed by atoms with Gasteiger partial charge in [0.05, 0.1) is 6.61 Å². The van der Waals surface area contributed by atoms with Crippen LogP contribution in [-0.4, -0.2) is 22.6 Å². The molecule has 1 aromatic rings. The Morgan fingerprint density at radius 2 is 2.50 bits per heavy atom. The van der Waals surface area contributed by atoms with Gasteiger partial charge in [0.25, 0.3) is 0 Å². The standard InChI is InChI=1S/C9H13N3O2/c1-2-14-6-7-3-4-11-8(5-7)9(10)12-13/h3-5,13H,2,6H2,1H3,(H2,10,12). The van der Waals surface area contributed by atoms with E-state index in [-0.39, 0.29) is 5.84 Å². The van der Waals surface area contributed by atoms with Gasteiger partial charge in [0, 0.05) is 12.8 Å². The Kier molecular flexibility index (Phi) is 3.87. The summed E-state index contributed by atoms with van der Waals surface area (Å²) in [5.74, 6) is 0.00310. The van der Waals surface area contributed by atoms with Crippen LogP contribution in [0.4, 0.5) is 0 Å². The van der Waals surface area contributed by atoms with Gasteiger partial charge >= 0.3 is 0 Å². The largest absolute Gasteiger partial charge is 0.409 e. The van der Waals surface area contributed by atoms with Gasteiger partial charge in [-0.25, -0.2) is 0 Å². The highest BCUT2D eigenvalue weighted by molar-refractivity contribution is 5.95. The fourth-order valence-electron chi connectivity index (χ4n) is 0.975. The molecule has 0 aromatic carbocycles. The summed E-state index contributed by atoms with van der Waals surface area (Å²) in [6.07, 6.45) is 1.60. The number of amidine groups is 1. The van der Waals surface area contributed by atoms with Gasteiger partial charge in [-0.05, 0) is 24.6 Å². The maximum absolute atomic E-state index is 8.45. The molecule has 0 aliphatic rings. The number of nitrogens with two attached hydrogens (primary N) is 1. The number of nitrogens with zero attached hydrogens (tertiary/aromatic N) is 2. The average Bonchev–Trinajstić information content (AvgIpc) is 2.25. The van der Waals surface area contributed by atoms with Crippen LogP contribution in [0.3, 0.4) is 0 Å². The van der Waals surface area contributed by atoms with E-state index in [1.165, 1.54) is 0 Å². The van der Waals surface area contributed by atoms with Crippen molar-refractivity contribution in [2.75, 3.05) is 6.61 Å². The predicted molar refractivity (Wildman–Crippen MR) is 52.1 cm³/mol. The van der Waals surface area contributed by atoms with Crippen LogP contribution < -0.4 is 5.73 Å². The molecule has 0 atom stereocenters. The molecule has 0 saturated carbocycles. The number of pyridine rings is 1. The number of ether oxygens (including phenoxy) is 1. The first-order valence-electron chi connectivity index (χ1n) is 4.28. The van der Waals surface area contributed by atoms with Crippen LogP contribution in [0, 0.1) is 0 Å². The molecule has 5 nitrogen and oxygen atoms in total. The van der Waals surface area contributed by atoms with Gasteiger partial charge in [0.15, 0.2) is 5.84 Å². The van der Waals surface area contributed by atoms with Crippen molar-refractivity contribution in [3.8, 4) is 0 Å². The number of oxime groups is 1. The Labute approximate surface area is 82.2 Å². The topological polar surface area (TPSA) is 80.7 Å². The Hall–Kier alpha value is -1.62. The molecule has 1 heterocycles. The summed E-state index contributed by atoms with van der Waals surface area (Å²) >= 11 is 0. The minimum atomic E-state index is 0.00310. The number of rotatable bonds is 4. The molecule has 5 heteroatoms. The molecule has 0 saturated heterocycles.